The largest absolute Gasteiger partial charge is 0.394 e. The third-order valence-electron chi connectivity index (χ3n) is 15.6. The lowest BCUT2D eigenvalue weighted by atomic mass is 9.99. The highest BCUT2D eigenvalue weighted by Crippen LogP contribution is 2.23. The summed E-state index contributed by atoms with van der Waals surface area (Å²) in [7, 11) is 0. The fourth-order valence-corrected chi connectivity index (χ4v) is 10.3. The van der Waals surface area contributed by atoms with Gasteiger partial charge in [-0.25, -0.2) is 0 Å². The van der Waals surface area contributed by atoms with Gasteiger partial charge in [0, 0.05) is 6.42 Å². The second kappa shape index (κ2) is 61.7. The molecule has 0 aliphatic carbocycles. The Bertz CT molecular complexity index is 1720. The number of carbonyl (C=O) groups excluding carboxylic acids is 1. The van der Waals surface area contributed by atoms with Crippen LogP contribution in [0.4, 0.5) is 0 Å². The van der Waals surface area contributed by atoms with Crippen LogP contribution < -0.4 is 5.32 Å². The van der Waals surface area contributed by atoms with Gasteiger partial charge in [-0.2, -0.15) is 0 Å². The number of aliphatic hydroxyl groups excluding tert-OH is 5. The summed E-state index contributed by atoms with van der Waals surface area (Å²) in [5.74, 6) is -0.155. The van der Waals surface area contributed by atoms with Crippen molar-refractivity contribution in [1.29, 1.82) is 0 Å². The summed E-state index contributed by atoms with van der Waals surface area (Å²) in [4.78, 5) is 13.1. The maximum absolute atomic E-state index is 13.1. The highest BCUT2D eigenvalue weighted by molar-refractivity contribution is 5.76. The third kappa shape index (κ3) is 50.5. The molecule has 9 heteroatoms. The van der Waals surface area contributed by atoms with Gasteiger partial charge in [-0.3, -0.25) is 4.79 Å². The van der Waals surface area contributed by atoms with Gasteiger partial charge in [0.15, 0.2) is 6.29 Å². The van der Waals surface area contributed by atoms with Crippen LogP contribution in [0.3, 0.4) is 0 Å². The highest BCUT2D eigenvalue weighted by Gasteiger charge is 2.44. The zero-order valence-electron chi connectivity index (χ0n) is 53.2. The van der Waals surface area contributed by atoms with Crippen LogP contribution in [0.5, 0.6) is 0 Å². The number of hydrogen-bond donors (Lipinski definition) is 6. The van der Waals surface area contributed by atoms with Gasteiger partial charge in [0.1, 0.15) is 24.4 Å². The molecule has 0 spiro atoms. The molecule has 7 unspecified atom stereocenters. The first-order valence-electron chi connectivity index (χ1n) is 34.2. The minimum atomic E-state index is -1.56. The predicted octanol–water partition coefficient (Wildman–Crippen LogP) is 18.6. The second-order valence-corrected chi connectivity index (χ2v) is 23.2. The van der Waals surface area contributed by atoms with E-state index in [0.29, 0.717) is 12.8 Å². The van der Waals surface area contributed by atoms with E-state index in [1.165, 1.54) is 141 Å². The Morgan fingerprint density at radius 3 is 1.11 bits per heavy atom. The Labute approximate surface area is 509 Å². The molecule has 476 valence electrons. The molecule has 0 saturated carbocycles. The Kier molecular flexibility index (Phi) is 57.7. The van der Waals surface area contributed by atoms with Gasteiger partial charge in [0.25, 0.3) is 0 Å². The zero-order valence-corrected chi connectivity index (χ0v) is 53.2. The number of rotatable bonds is 58. The fourth-order valence-electron chi connectivity index (χ4n) is 10.3. The number of allylic oxidation sites excluding steroid dienone is 20. The SMILES string of the molecule is CC/C=C\C/C=C\C/C=C\C/C=C\C/C=C\C/C=C\C/C=C\C/C=C\C/C=C\C/C=C\CCCCCCCCCCC(=O)NC(COC1OC(CO)C(O)C(O)C1O)C(O)CCCCCCCCCCCCCCCCCCCCCCC. The molecule has 1 aliphatic rings. The molecule has 0 bridgehead atoms. The van der Waals surface area contributed by atoms with Crippen molar-refractivity contribution in [2.75, 3.05) is 13.2 Å². The standard InChI is InChI=1S/C74H127NO8/c1-3-5-7-9-11-13-15-17-19-21-23-25-26-27-28-29-30-31-32-33-34-35-36-37-38-39-40-41-42-44-46-48-50-52-54-56-58-60-62-64-70(78)75-67(66-82-74-73(81)72(80)71(79)69(65-76)83-74)68(77)63-61-59-57-55-53-51-49-47-45-43-24-22-20-18-16-14-12-10-8-6-4-2/h5,7,11,13,17,19,23,25,27-28,30-31,33-34,36-37,39-40,42,44,67-69,71-74,76-77,79-81H,3-4,6,8-10,12,14-16,18,20-22,24,26,29,32,35,38,41,43,45-66H2,1-2H3,(H,75,78)/b7-5-,13-11-,19-17-,25-23-,28-27-,31-30-,34-33-,37-36-,40-39-,44-42-. The summed E-state index contributed by atoms with van der Waals surface area (Å²) in [6.45, 7) is 3.74. The van der Waals surface area contributed by atoms with Crippen molar-refractivity contribution in [2.24, 2.45) is 0 Å². The quantitative estimate of drug-likeness (QED) is 0.0261. The van der Waals surface area contributed by atoms with Crippen molar-refractivity contribution in [3.63, 3.8) is 0 Å². The fraction of sp³-hybridized carbons (Fsp3) is 0.716. The maximum Gasteiger partial charge on any atom is 0.220 e. The molecular weight excluding hydrogens is 1030 g/mol. The van der Waals surface area contributed by atoms with Crippen LogP contribution >= 0.6 is 0 Å². The van der Waals surface area contributed by atoms with Gasteiger partial charge in [0.2, 0.25) is 5.91 Å². The first-order chi connectivity index (χ1) is 40.8. The van der Waals surface area contributed by atoms with Crippen LogP contribution in [0.1, 0.15) is 284 Å². The van der Waals surface area contributed by atoms with Gasteiger partial charge >= 0.3 is 0 Å². The first kappa shape index (κ1) is 77.6. The van der Waals surface area contributed by atoms with Crippen LogP contribution in [-0.4, -0.2) is 87.5 Å². The van der Waals surface area contributed by atoms with Crippen molar-refractivity contribution in [3.8, 4) is 0 Å². The second-order valence-electron chi connectivity index (χ2n) is 23.2. The topological polar surface area (TPSA) is 149 Å². The molecule has 0 aromatic rings. The monoisotopic (exact) mass is 1160 g/mol. The summed E-state index contributed by atoms with van der Waals surface area (Å²) in [6.07, 6.45) is 85.3. The molecule has 0 radical (unpaired) electrons. The van der Waals surface area contributed by atoms with Crippen molar-refractivity contribution < 1.29 is 39.8 Å². The molecule has 9 nitrogen and oxygen atoms in total. The minimum absolute atomic E-state index is 0.147. The van der Waals surface area contributed by atoms with Crippen LogP contribution in [0, 0.1) is 0 Å². The smallest absolute Gasteiger partial charge is 0.220 e. The number of carbonyl (C=O) groups is 1. The normalized spacial score (nSPS) is 19.0. The van der Waals surface area contributed by atoms with Gasteiger partial charge in [-0.1, -0.05) is 309 Å². The summed E-state index contributed by atoms with van der Waals surface area (Å²) in [6, 6.07) is -0.733. The van der Waals surface area contributed by atoms with Crippen LogP contribution in [0.2, 0.25) is 0 Å². The average Bonchev–Trinajstić information content (AvgIpc) is 3.60. The number of aliphatic hydroxyl groups is 5. The van der Waals surface area contributed by atoms with E-state index in [0.717, 1.165) is 116 Å². The molecule has 1 saturated heterocycles. The molecule has 83 heavy (non-hydrogen) atoms. The molecule has 1 amide bonds. The van der Waals surface area contributed by atoms with Gasteiger partial charge < -0.3 is 40.3 Å². The molecule has 1 aliphatic heterocycles. The molecule has 1 heterocycles. The van der Waals surface area contributed by atoms with Crippen molar-refractivity contribution >= 4 is 5.91 Å². The predicted molar refractivity (Wildman–Crippen MR) is 354 cm³/mol. The molecule has 6 N–H and O–H groups in total. The van der Waals surface area contributed by atoms with Crippen LogP contribution in [0.15, 0.2) is 122 Å². The Balaban J connectivity index is 2.15. The molecule has 1 fully saturated rings. The van der Waals surface area contributed by atoms with Crippen LogP contribution in [-0.2, 0) is 14.3 Å². The Hall–Kier alpha value is -3.41. The van der Waals surface area contributed by atoms with Crippen LogP contribution in [0.25, 0.3) is 0 Å². The van der Waals surface area contributed by atoms with Crippen molar-refractivity contribution in [1.82, 2.24) is 5.32 Å². The van der Waals surface area contributed by atoms with Gasteiger partial charge in [-0.05, 0) is 89.9 Å². The lowest BCUT2D eigenvalue weighted by Crippen LogP contribution is -2.60. The molecule has 0 aromatic carbocycles. The van der Waals surface area contributed by atoms with E-state index in [2.05, 4.69) is 141 Å². The molecule has 0 aromatic heterocycles. The van der Waals surface area contributed by atoms with E-state index >= 15 is 0 Å². The van der Waals surface area contributed by atoms with E-state index in [-0.39, 0.29) is 12.5 Å². The summed E-state index contributed by atoms with van der Waals surface area (Å²) >= 11 is 0. The third-order valence-corrected chi connectivity index (χ3v) is 15.6. The van der Waals surface area contributed by atoms with Gasteiger partial charge in [-0.15, -0.1) is 0 Å². The number of hydrogen-bond acceptors (Lipinski definition) is 8. The lowest BCUT2D eigenvalue weighted by Gasteiger charge is -2.40. The van der Waals surface area contributed by atoms with E-state index in [9.17, 15) is 30.3 Å². The lowest BCUT2D eigenvalue weighted by molar-refractivity contribution is -0.302. The summed E-state index contributed by atoms with van der Waals surface area (Å²) in [5.41, 5.74) is 0. The summed E-state index contributed by atoms with van der Waals surface area (Å²) < 4.78 is 11.3. The number of amides is 1. The van der Waals surface area contributed by atoms with E-state index in [4.69, 9.17) is 9.47 Å². The Morgan fingerprint density at radius 2 is 0.747 bits per heavy atom. The minimum Gasteiger partial charge on any atom is -0.394 e. The Morgan fingerprint density at radius 1 is 0.422 bits per heavy atom. The summed E-state index contributed by atoms with van der Waals surface area (Å²) in [5, 5.41) is 54.9. The van der Waals surface area contributed by atoms with Crippen molar-refractivity contribution in [3.05, 3.63) is 122 Å². The molecular formula is C74H127NO8. The van der Waals surface area contributed by atoms with Gasteiger partial charge in [0.05, 0.1) is 25.4 Å². The maximum atomic E-state index is 13.1. The van der Waals surface area contributed by atoms with E-state index in [1.54, 1.807) is 0 Å². The van der Waals surface area contributed by atoms with Crippen molar-refractivity contribution in [2.45, 2.75) is 326 Å². The zero-order chi connectivity index (χ0) is 60.0. The molecule has 7 atom stereocenters. The average molecular weight is 1160 g/mol. The number of nitrogens with one attached hydrogen (secondary N) is 1. The number of ether oxygens (including phenoxy) is 2. The molecule has 1 rings (SSSR count). The highest BCUT2D eigenvalue weighted by atomic mass is 16.7. The van der Waals surface area contributed by atoms with E-state index in [1.807, 2.05) is 0 Å². The first-order valence-corrected chi connectivity index (χ1v) is 34.2. The number of unbranched alkanes of at least 4 members (excludes halogenated alkanes) is 28. The van der Waals surface area contributed by atoms with E-state index < -0.39 is 49.5 Å².